The number of hydrogen-bond acceptors (Lipinski definition) is 3. The van der Waals surface area contributed by atoms with Gasteiger partial charge in [0.2, 0.25) is 0 Å². The van der Waals surface area contributed by atoms with Crippen molar-refractivity contribution in [1.82, 2.24) is 10.3 Å². The standard InChI is InChI=1S/C11H16N2S/c1-2-7-14-8-6-13-10-11-4-3-5-12-9-11/h2-5,9,13H,1,6-8,10H2. The number of pyridine rings is 1. The van der Waals surface area contributed by atoms with Crippen molar-refractivity contribution < 1.29 is 0 Å². The molecule has 2 nitrogen and oxygen atoms in total. The van der Waals surface area contributed by atoms with Gasteiger partial charge in [0, 0.05) is 37.0 Å². The van der Waals surface area contributed by atoms with Crippen LogP contribution < -0.4 is 5.32 Å². The van der Waals surface area contributed by atoms with E-state index in [4.69, 9.17) is 0 Å². The lowest BCUT2D eigenvalue weighted by Gasteiger charge is -2.03. The summed E-state index contributed by atoms with van der Waals surface area (Å²) in [5.41, 5.74) is 1.24. The molecule has 1 N–H and O–H groups in total. The lowest BCUT2D eigenvalue weighted by Crippen LogP contribution is -2.16. The minimum atomic E-state index is 0.905. The molecular weight excluding hydrogens is 192 g/mol. The normalized spacial score (nSPS) is 10.0. The zero-order chi connectivity index (χ0) is 10.1. The Morgan fingerprint density at radius 2 is 2.50 bits per heavy atom. The van der Waals surface area contributed by atoms with Gasteiger partial charge >= 0.3 is 0 Å². The Hall–Kier alpha value is -0.800. The largest absolute Gasteiger partial charge is 0.312 e. The molecule has 1 aromatic heterocycles. The van der Waals surface area contributed by atoms with Crippen LogP contribution in [-0.4, -0.2) is 23.0 Å². The second-order valence-electron chi connectivity index (χ2n) is 2.90. The highest BCUT2D eigenvalue weighted by molar-refractivity contribution is 7.99. The van der Waals surface area contributed by atoms with Crippen LogP contribution in [-0.2, 0) is 6.54 Å². The van der Waals surface area contributed by atoms with E-state index < -0.39 is 0 Å². The summed E-state index contributed by atoms with van der Waals surface area (Å²) in [7, 11) is 0. The Morgan fingerprint density at radius 1 is 1.57 bits per heavy atom. The molecule has 0 aliphatic rings. The van der Waals surface area contributed by atoms with Gasteiger partial charge in [-0.25, -0.2) is 0 Å². The molecule has 0 spiro atoms. The predicted octanol–water partition coefficient (Wildman–Crippen LogP) is 2.09. The molecule has 0 amide bonds. The summed E-state index contributed by atoms with van der Waals surface area (Å²) in [6.07, 6.45) is 5.62. The first-order valence-corrected chi connectivity index (χ1v) is 5.87. The molecule has 0 aromatic carbocycles. The highest BCUT2D eigenvalue weighted by Gasteiger charge is 1.90. The average molecular weight is 208 g/mol. The highest BCUT2D eigenvalue weighted by Crippen LogP contribution is 1.98. The van der Waals surface area contributed by atoms with Gasteiger partial charge in [0.1, 0.15) is 0 Å². The predicted molar refractivity (Wildman–Crippen MR) is 63.5 cm³/mol. The molecule has 0 saturated carbocycles. The zero-order valence-corrected chi connectivity index (χ0v) is 9.09. The van der Waals surface area contributed by atoms with Crippen molar-refractivity contribution in [3.05, 3.63) is 42.7 Å². The second-order valence-corrected chi connectivity index (χ2v) is 4.05. The van der Waals surface area contributed by atoms with E-state index in [0.717, 1.165) is 24.6 Å². The maximum Gasteiger partial charge on any atom is 0.0312 e. The third-order valence-corrected chi connectivity index (χ3v) is 2.67. The van der Waals surface area contributed by atoms with Crippen molar-refractivity contribution in [3.8, 4) is 0 Å². The van der Waals surface area contributed by atoms with Gasteiger partial charge in [-0.1, -0.05) is 12.1 Å². The van der Waals surface area contributed by atoms with E-state index in [9.17, 15) is 0 Å². The maximum atomic E-state index is 4.05. The molecule has 0 saturated heterocycles. The Bertz CT molecular complexity index is 249. The van der Waals surface area contributed by atoms with E-state index in [1.165, 1.54) is 5.56 Å². The number of nitrogens with zero attached hydrogens (tertiary/aromatic N) is 1. The third-order valence-electron chi connectivity index (χ3n) is 1.71. The summed E-state index contributed by atoms with van der Waals surface area (Å²) in [6.45, 7) is 5.62. The second kappa shape index (κ2) is 7.59. The van der Waals surface area contributed by atoms with Crippen molar-refractivity contribution >= 4 is 11.8 Å². The number of thioether (sulfide) groups is 1. The molecule has 0 aliphatic heterocycles. The maximum absolute atomic E-state index is 4.05. The smallest absolute Gasteiger partial charge is 0.0312 e. The van der Waals surface area contributed by atoms with Gasteiger partial charge in [-0.3, -0.25) is 4.98 Å². The number of nitrogens with one attached hydrogen (secondary N) is 1. The molecule has 14 heavy (non-hydrogen) atoms. The van der Waals surface area contributed by atoms with Crippen molar-refractivity contribution in [2.75, 3.05) is 18.1 Å². The lowest BCUT2D eigenvalue weighted by atomic mass is 10.3. The van der Waals surface area contributed by atoms with Gasteiger partial charge in [-0.15, -0.1) is 6.58 Å². The van der Waals surface area contributed by atoms with Crippen LogP contribution in [0.2, 0.25) is 0 Å². The van der Waals surface area contributed by atoms with Crippen LogP contribution in [0.1, 0.15) is 5.56 Å². The fraction of sp³-hybridized carbons (Fsp3) is 0.364. The first kappa shape index (κ1) is 11.3. The Labute approximate surface area is 89.8 Å². The molecule has 76 valence electrons. The van der Waals surface area contributed by atoms with Gasteiger partial charge in [-0.2, -0.15) is 11.8 Å². The number of aromatic nitrogens is 1. The van der Waals surface area contributed by atoms with E-state index in [1.807, 2.05) is 30.1 Å². The monoisotopic (exact) mass is 208 g/mol. The van der Waals surface area contributed by atoms with E-state index in [-0.39, 0.29) is 0 Å². The molecule has 0 unspecified atom stereocenters. The van der Waals surface area contributed by atoms with E-state index >= 15 is 0 Å². The molecule has 0 bridgehead atoms. The molecular formula is C11H16N2S. The molecule has 0 radical (unpaired) electrons. The molecule has 0 fully saturated rings. The minimum absolute atomic E-state index is 0.905. The van der Waals surface area contributed by atoms with Crippen LogP contribution in [0.5, 0.6) is 0 Å². The summed E-state index contributed by atoms with van der Waals surface area (Å²) >= 11 is 1.89. The summed E-state index contributed by atoms with van der Waals surface area (Å²) in [5.74, 6) is 2.17. The van der Waals surface area contributed by atoms with E-state index in [0.29, 0.717) is 0 Å². The topological polar surface area (TPSA) is 24.9 Å². The Morgan fingerprint density at radius 3 is 3.21 bits per heavy atom. The van der Waals surface area contributed by atoms with Crippen LogP contribution in [0.4, 0.5) is 0 Å². The number of rotatable bonds is 7. The highest BCUT2D eigenvalue weighted by atomic mass is 32.2. The first-order valence-electron chi connectivity index (χ1n) is 4.71. The summed E-state index contributed by atoms with van der Waals surface area (Å²) in [4.78, 5) is 4.05. The Kier molecular flexibility index (Phi) is 6.11. The van der Waals surface area contributed by atoms with Gasteiger partial charge in [0.15, 0.2) is 0 Å². The average Bonchev–Trinajstić information content (AvgIpc) is 2.25. The van der Waals surface area contributed by atoms with E-state index in [1.54, 1.807) is 6.20 Å². The molecule has 0 atom stereocenters. The van der Waals surface area contributed by atoms with Crippen LogP contribution >= 0.6 is 11.8 Å². The van der Waals surface area contributed by atoms with Crippen molar-refractivity contribution in [3.63, 3.8) is 0 Å². The van der Waals surface area contributed by atoms with Gasteiger partial charge in [0.05, 0.1) is 0 Å². The SMILES string of the molecule is C=CCSCCNCc1cccnc1. The molecule has 1 rings (SSSR count). The minimum Gasteiger partial charge on any atom is -0.312 e. The van der Waals surface area contributed by atoms with Gasteiger partial charge < -0.3 is 5.32 Å². The third kappa shape index (κ3) is 5.04. The van der Waals surface area contributed by atoms with Crippen molar-refractivity contribution in [1.29, 1.82) is 0 Å². The summed E-state index contributed by atoms with van der Waals surface area (Å²) < 4.78 is 0. The summed E-state index contributed by atoms with van der Waals surface area (Å²) in [5, 5.41) is 3.37. The van der Waals surface area contributed by atoms with Gasteiger partial charge in [-0.05, 0) is 11.6 Å². The zero-order valence-electron chi connectivity index (χ0n) is 8.28. The van der Waals surface area contributed by atoms with Gasteiger partial charge in [0.25, 0.3) is 0 Å². The van der Waals surface area contributed by atoms with E-state index in [2.05, 4.69) is 22.9 Å². The van der Waals surface area contributed by atoms with Crippen LogP contribution in [0.3, 0.4) is 0 Å². The molecule has 1 aromatic rings. The first-order chi connectivity index (χ1) is 6.93. The summed E-state index contributed by atoms with van der Waals surface area (Å²) in [6, 6.07) is 4.04. The lowest BCUT2D eigenvalue weighted by molar-refractivity contribution is 0.730. The van der Waals surface area contributed by atoms with Crippen LogP contribution in [0, 0.1) is 0 Å². The van der Waals surface area contributed by atoms with Crippen LogP contribution in [0.15, 0.2) is 37.2 Å². The molecule has 1 heterocycles. The Balaban J connectivity index is 2.02. The fourth-order valence-corrected chi connectivity index (χ4v) is 1.67. The number of hydrogen-bond donors (Lipinski definition) is 1. The van der Waals surface area contributed by atoms with Crippen molar-refractivity contribution in [2.45, 2.75) is 6.54 Å². The molecule has 3 heteroatoms. The van der Waals surface area contributed by atoms with Crippen molar-refractivity contribution in [2.24, 2.45) is 0 Å². The quantitative estimate of drug-likeness (QED) is 0.548. The molecule has 0 aliphatic carbocycles. The fourth-order valence-electron chi connectivity index (χ4n) is 1.05. The van der Waals surface area contributed by atoms with Crippen LogP contribution in [0.25, 0.3) is 0 Å².